The fourth-order valence-electron chi connectivity index (χ4n) is 2.77. The minimum Gasteiger partial charge on any atom is -0.496 e. The summed E-state index contributed by atoms with van der Waals surface area (Å²) in [4.78, 5) is 14.4. The normalized spacial score (nSPS) is 18.8. The first-order chi connectivity index (χ1) is 10.9. The number of carbonyl (C=O) groups excluding carboxylic acids is 1. The van der Waals surface area contributed by atoms with E-state index in [1.807, 2.05) is 0 Å². The Morgan fingerprint density at radius 3 is 2.78 bits per heavy atom. The number of ether oxygens (including phenoxy) is 2. The number of likely N-dealkylation sites (tertiary alicyclic amines) is 1. The summed E-state index contributed by atoms with van der Waals surface area (Å²) in [6, 6.07) is 4.07. The van der Waals surface area contributed by atoms with Crippen LogP contribution in [-0.2, 0) is 14.8 Å². The summed E-state index contributed by atoms with van der Waals surface area (Å²) in [5.41, 5.74) is 0.0556. The molecule has 8 heteroatoms. The minimum atomic E-state index is -3.90. The molecule has 0 saturated carbocycles. The molecule has 1 aromatic rings. The maximum atomic E-state index is 12.3. The van der Waals surface area contributed by atoms with Crippen molar-refractivity contribution in [2.45, 2.75) is 30.7 Å². The number of nitrogens with two attached hydrogens (primary N) is 1. The van der Waals surface area contributed by atoms with Crippen LogP contribution >= 0.6 is 0 Å². The van der Waals surface area contributed by atoms with Gasteiger partial charge in [0.25, 0.3) is 0 Å². The van der Waals surface area contributed by atoms with E-state index in [4.69, 9.17) is 14.6 Å². The molecule has 0 bridgehead atoms. The van der Waals surface area contributed by atoms with E-state index in [0.717, 1.165) is 25.9 Å². The van der Waals surface area contributed by atoms with Gasteiger partial charge in [0, 0.05) is 6.04 Å². The Balaban J connectivity index is 2.14. The molecule has 1 aliphatic heterocycles. The summed E-state index contributed by atoms with van der Waals surface area (Å²) < 4.78 is 33.3. The lowest BCUT2D eigenvalue weighted by Crippen LogP contribution is -2.33. The van der Waals surface area contributed by atoms with Crippen molar-refractivity contribution < 1.29 is 22.7 Å². The van der Waals surface area contributed by atoms with Crippen LogP contribution in [0.2, 0.25) is 0 Å². The average molecular weight is 342 g/mol. The number of esters is 1. The van der Waals surface area contributed by atoms with E-state index in [2.05, 4.69) is 11.8 Å². The SMILES string of the molecule is CCN1CCCC1COC(=O)c1cc(S(N)(=O)=O)ccc1OC. The number of likely N-dealkylation sites (N-methyl/N-ethyl adjacent to an activating group) is 1. The van der Waals surface area contributed by atoms with Crippen LogP contribution in [0.3, 0.4) is 0 Å². The first kappa shape index (κ1) is 17.7. The number of hydrogen-bond acceptors (Lipinski definition) is 6. The van der Waals surface area contributed by atoms with Gasteiger partial charge in [-0.15, -0.1) is 0 Å². The van der Waals surface area contributed by atoms with E-state index in [0.29, 0.717) is 0 Å². The van der Waals surface area contributed by atoms with Gasteiger partial charge in [-0.3, -0.25) is 4.90 Å². The summed E-state index contributed by atoms with van der Waals surface area (Å²) in [5.74, 6) is -0.364. The van der Waals surface area contributed by atoms with Crippen molar-refractivity contribution in [3.63, 3.8) is 0 Å². The minimum absolute atomic E-state index is 0.0556. The molecular weight excluding hydrogens is 320 g/mol. The molecule has 0 amide bonds. The second-order valence-electron chi connectivity index (χ2n) is 5.43. The number of benzene rings is 1. The number of nitrogens with zero attached hydrogens (tertiary/aromatic N) is 1. The molecule has 2 N–H and O–H groups in total. The zero-order valence-corrected chi connectivity index (χ0v) is 14.1. The standard InChI is InChI=1S/C15H22N2O5S/c1-3-17-8-4-5-11(17)10-22-15(18)13-9-12(23(16,19)20)6-7-14(13)21-2/h6-7,9,11H,3-5,8,10H2,1-2H3,(H2,16,19,20). The van der Waals surface area contributed by atoms with Gasteiger partial charge in [0.15, 0.2) is 0 Å². The topological polar surface area (TPSA) is 98.9 Å². The van der Waals surface area contributed by atoms with E-state index in [1.165, 1.54) is 25.3 Å². The lowest BCUT2D eigenvalue weighted by atomic mass is 10.2. The molecule has 1 saturated heterocycles. The van der Waals surface area contributed by atoms with Crippen LogP contribution in [-0.4, -0.2) is 52.1 Å². The Kier molecular flexibility index (Phi) is 5.61. The van der Waals surface area contributed by atoms with Crippen LogP contribution in [0.5, 0.6) is 5.75 Å². The Labute approximate surface area is 136 Å². The average Bonchev–Trinajstić information content (AvgIpc) is 2.98. The highest BCUT2D eigenvalue weighted by Crippen LogP contribution is 2.24. The number of rotatable bonds is 6. The summed E-state index contributed by atoms with van der Waals surface area (Å²) in [6.07, 6.45) is 2.07. The largest absolute Gasteiger partial charge is 0.496 e. The zero-order valence-electron chi connectivity index (χ0n) is 13.3. The van der Waals surface area contributed by atoms with E-state index >= 15 is 0 Å². The molecule has 7 nitrogen and oxygen atoms in total. The van der Waals surface area contributed by atoms with Gasteiger partial charge in [-0.2, -0.15) is 0 Å². The molecule has 2 rings (SSSR count). The quantitative estimate of drug-likeness (QED) is 0.774. The highest BCUT2D eigenvalue weighted by atomic mass is 32.2. The summed E-state index contributed by atoms with van der Waals surface area (Å²) >= 11 is 0. The van der Waals surface area contributed by atoms with Crippen LogP contribution in [0.15, 0.2) is 23.1 Å². The number of methoxy groups -OCH3 is 1. The van der Waals surface area contributed by atoms with Gasteiger partial charge in [0.05, 0.1) is 12.0 Å². The highest BCUT2D eigenvalue weighted by molar-refractivity contribution is 7.89. The maximum absolute atomic E-state index is 12.3. The van der Waals surface area contributed by atoms with Crippen LogP contribution < -0.4 is 9.88 Å². The van der Waals surface area contributed by atoms with Gasteiger partial charge in [0.1, 0.15) is 17.9 Å². The van der Waals surface area contributed by atoms with Gasteiger partial charge in [-0.1, -0.05) is 6.92 Å². The highest BCUT2D eigenvalue weighted by Gasteiger charge is 2.25. The third kappa shape index (κ3) is 4.21. The fraction of sp³-hybridized carbons (Fsp3) is 0.533. The van der Waals surface area contributed by atoms with Crippen molar-refractivity contribution in [2.24, 2.45) is 5.14 Å². The number of hydrogen-bond donors (Lipinski definition) is 1. The summed E-state index contributed by atoms with van der Waals surface area (Å²) in [6.45, 7) is 4.25. The Morgan fingerprint density at radius 2 is 2.17 bits per heavy atom. The third-order valence-electron chi connectivity index (χ3n) is 4.03. The lowest BCUT2D eigenvalue weighted by molar-refractivity contribution is 0.0397. The molecule has 0 aliphatic carbocycles. The molecule has 1 unspecified atom stereocenters. The van der Waals surface area contributed by atoms with Crippen molar-refractivity contribution in [3.8, 4) is 5.75 Å². The molecular formula is C15H22N2O5S. The van der Waals surface area contributed by atoms with E-state index in [1.54, 1.807) is 0 Å². The zero-order chi connectivity index (χ0) is 17.0. The molecule has 0 radical (unpaired) electrons. The predicted molar refractivity (Wildman–Crippen MR) is 84.9 cm³/mol. The first-order valence-corrected chi connectivity index (χ1v) is 9.03. The van der Waals surface area contributed by atoms with Crippen molar-refractivity contribution in [2.75, 3.05) is 26.8 Å². The monoisotopic (exact) mass is 342 g/mol. The summed E-state index contributed by atoms with van der Waals surface area (Å²) in [5, 5.41) is 5.10. The van der Waals surface area contributed by atoms with Gasteiger partial charge in [0.2, 0.25) is 10.0 Å². The molecule has 0 spiro atoms. The van der Waals surface area contributed by atoms with Crippen LogP contribution in [0, 0.1) is 0 Å². The van der Waals surface area contributed by atoms with Crippen LogP contribution in [0.1, 0.15) is 30.1 Å². The molecule has 1 fully saturated rings. The predicted octanol–water partition coefficient (Wildman–Crippen LogP) is 0.984. The van der Waals surface area contributed by atoms with Crippen LogP contribution in [0.25, 0.3) is 0 Å². The molecule has 0 aromatic heterocycles. The van der Waals surface area contributed by atoms with Crippen molar-refractivity contribution in [3.05, 3.63) is 23.8 Å². The van der Waals surface area contributed by atoms with E-state index in [9.17, 15) is 13.2 Å². The number of primary sulfonamides is 1. The molecule has 1 aromatic carbocycles. The second-order valence-corrected chi connectivity index (χ2v) is 6.99. The maximum Gasteiger partial charge on any atom is 0.342 e. The van der Waals surface area contributed by atoms with Crippen molar-refractivity contribution in [1.29, 1.82) is 0 Å². The van der Waals surface area contributed by atoms with E-state index in [-0.39, 0.29) is 28.9 Å². The van der Waals surface area contributed by atoms with Crippen LogP contribution in [0.4, 0.5) is 0 Å². The Morgan fingerprint density at radius 1 is 1.43 bits per heavy atom. The van der Waals surface area contributed by atoms with Crippen molar-refractivity contribution >= 4 is 16.0 Å². The fourth-order valence-corrected chi connectivity index (χ4v) is 3.31. The number of sulfonamides is 1. The van der Waals surface area contributed by atoms with Gasteiger partial charge in [-0.25, -0.2) is 18.4 Å². The molecule has 1 heterocycles. The smallest absolute Gasteiger partial charge is 0.342 e. The molecule has 1 aliphatic rings. The Bertz CT molecular complexity index is 674. The van der Waals surface area contributed by atoms with E-state index < -0.39 is 16.0 Å². The van der Waals surface area contributed by atoms with Crippen molar-refractivity contribution in [1.82, 2.24) is 4.90 Å². The molecule has 23 heavy (non-hydrogen) atoms. The molecule has 1 atom stereocenters. The van der Waals surface area contributed by atoms with Gasteiger partial charge in [-0.05, 0) is 44.1 Å². The first-order valence-electron chi connectivity index (χ1n) is 7.48. The summed E-state index contributed by atoms with van der Waals surface area (Å²) in [7, 11) is -2.50. The number of carbonyl (C=O) groups is 1. The third-order valence-corrected chi connectivity index (χ3v) is 4.94. The van der Waals surface area contributed by atoms with Gasteiger partial charge < -0.3 is 9.47 Å². The second kappa shape index (κ2) is 7.29. The molecule has 128 valence electrons. The lowest BCUT2D eigenvalue weighted by Gasteiger charge is -2.22. The van der Waals surface area contributed by atoms with Gasteiger partial charge >= 0.3 is 5.97 Å². The Hall–Kier alpha value is -1.64.